The SMILES string of the molecule is Ic1ccc([C+]2c3ccc([nH]3)[C+](c3ccncc3)c3ccc([nH]3)[C+](c3ccc(I)cc3)c3ccc([nH]3)[C+](c3ccncc3)c3ccc2[nH]3)cc1. The van der Waals surface area contributed by atoms with Gasteiger partial charge in [-0.05, 0) is 69.4 Å². The van der Waals surface area contributed by atoms with Crippen LogP contribution in [0.25, 0.3) is 0 Å². The van der Waals surface area contributed by atoms with Crippen LogP contribution in [0.15, 0.2) is 146 Å². The molecule has 0 unspecified atom stereocenters. The van der Waals surface area contributed by atoms with Crippen molar-refractivity contribution in [2.24, 2.45) is 0 Å². The highest BCUT2D eigenvalue weighted by molar-refractivity contribution is 14.1. The van der Waals surface area contributed by atoms with Crippen molar-refractivity contribution in [1.82, 2.24) is 29.9 Å². The molecule has 0 radical (unpaired) electrons. The monoisotopic (exact) mass is 870 g/mol. The van der Waals surface area contributed by atoms with Crippen LogP contribution in [0.2, 0.25) is 0 Å². The Bertz CT molecular complexity index is 2110. The number of benzene rings is 2. The summed E-state index contributed by atoms with van der Waals surface area (Å²) in [6.45, 7) is 0. The minimum absolute atomic E-state index is 1.00. The fraction of sp³-hybridized carbons (Fsp3) is 0. The first-order chi connectivity index (χ1) is 24.6. The van der Waals surface area contributed by atoms with E-state index in [0.717, 1.165) is 91.5 Å². The van der Waals surface area contributed by atoms with Crippen LogP contribution < -0.4 is 0 Å². The molecule has 9 rings (SSSR count). The summed E-state index contributed by atoms with van der Waals surface area (Å²) < 4.78 is 2.38. The van der Waals surface area contributed by atoms with Gasteiger partial charge in [-0.15, -0.1) is 0 Å². The number of hydrogen-bond acceptors (Lipinski definition) is 2. The van der Waals surface area contributed by atoms with Crippen LogP contribution in [0.3, 0.4) is 0 Å². The van der Waals surface area contributed by atoms with Gasteiger partial charge in [0.15, 0.2) is 0 Å². The largest absolute Gasteiger partial charge is 0.327 e. The van der Waals surface area contributed by atoms with Gasteiger partial charge in [0.1, 0.15) is 69.2 Å². The Morgan fingerprint density at radius 3 is 0.760 bits per heavy atom. The van der Waals surface area contributed by atoms with Crippen molar-refractivity contribution in [1.29, 1.82) is 0 Å². The summed E-state index contributed by atoms with van der Waals surface area (Å²) in [7, 11) is 0. The van der Waals surface area contributed by atoms with Crippen LogP contribution in [0.1, 0.15) is 67.8 Å². The normalized spacial score (nSPS) is 12.8. The first-order valence-electron chi connectivity index (χ1n) is 16.2. The van der Waals surface area contributed by atoms with Crippen molar-refractivity contribution in [3.63, 3.8) is 0 Å². The topological polar surface area (TPSA) is 88.9 Å². The molecule has 0 atom stereocenters. The highest BCUT2D eigenvalue weighted by Gasteiger charge is 2.37. The Hall–Kier alpha value is -5.20. The van der Waals surface area contributed by atoms with E-state index in [4.69, 9.17) is 0 Å². The lowest BCUT2D eigenvalue weighted by Crippen LogP contribution is -2.12. The molecular formula is C42H28I2N6+4. The Kier molecular flexibility index (Phi) is 7.97. The van der Waals surface area contributed by atoms with Gasteiger partial charge in [-0.25, -0.2) is 9.97 Å². The maximum Gasteiger partial charge on any atom is 0.126 e. The van der Waals surface area contributed by atoms with E-state index in [2.05, 4.69) is 196 Å². The Morgan fingerprint density at radius 2 is 0.520 bits per heavy atom. The molecule has 2 aromatic carbocycles. The second kappa shape index (κ2) is 12.9. The van der Waals surface area contributed by atoms with E-state index >= 15 is 0 Å². The molecule has 236 valence electrons. The summed E-state index contributed by atoms with van der Waals surface area (Å²) in [5.74, 6) is 4.30. The molecule has 0 spiro atoms. The molecule has 1 aliphatic heterocycles. The molecule has 8 aromatic rings. The average molecular weight is 871 g/mol. The standard InChI is InChI=1S/C42H28I2N6/c43-29-5-1-25(2-6-29)39-31-9-13-35(47-31)41(27-17-21-45-22-18-27)37-15-11-33(49-37)40(26-3-7-30(44)8-4-26)34-12-16-38(50-34)42(28-19-23-46-24-20-28)36-14-10-32(39)48-36/h1-24,47-50H/q+4. The maximum absolute atomic E-state index is 4.33. The third-order valence-corrected chi connectivity index (χ3v) is 10.5. The molecule has 50 heavy (non-hydrogen) atoms. The van der Waals surface area contributed by atoms with Crippen LogP contribution in [-0.2, 0) is 0 Å². The first-order valence-corrected chi connectivity index (χ1v) is 18.3. The summed E-state index contributed by atoms with van der Waals surface area (Å²) in [5.41, 5.74) is 12.4. The molecule has 0 saturated heterocycles. The van der Waals surface area contributed by atoms with E-state index in [9.17, 15) is 0 Å². The minimum Gasteiger partial charge on any atom is -0.327 e. The first kappa shape index (κ1) is 30.8. The minimum atomic E-state index is 1.00. The van der Waals surface area contributed by atoms with Gasteiger partial charge in [-0.3, -0.25) is 0 Å². The van der Waals surface area contributed by atoms with Crippen LogP contribution in [0.4, 0.5) is 0 Å². The lowest BCUT2D eigenvalue weighted by molar-refractivity contribution is 1.00. The molecular weight excluding hydrogens is 842 g/mol. The van der Waals surface area contributed by atoms with Gasteiger partial charge >= 0.3 is 0 Å². The molecule has 6 nitrogen and oxygen atoms in total. The molecule has 1 aliphatic rings. The molecule has 4 N–H and O–H groups in total. The summed E-state index contributed by atoms with van der Waals surface area (Å²) in [6.07, 6.45) is 7.39. The Balaban J connectivity index is 1.29. The quantitative estimate of drug-likeness (QED) is 0.105. The van der Waals surface area contributed by atoms with Crippen molar-refractivity contribution < 1.29 is 0 Å². The molecule has 7 heterocycles. The Labute approximate surface area is 317 Å². The molecule has 0 fully saturated rings. The van der Waals surface area contributed by atoms with Gasteiger partial charge in [0.25, 0.3) is 0 Å². The van der Waals surface area contributed by atoms with E-state index in [1.165, 1.54) is 7.14 Å². The van der Waals surface area contributed by atoms with Crippen molar-refractivity contribution >= 4 is 45.2 Å². The van der Waals surface area contributed by atoms with Gasteiger partial charge in [0.05, 0.1) is 95.6 Å². The number of nitrogens with zero attached hydrogens (tertiary/aromatic N) is 2. The van der Waals surface area contributed by atoms with Gasteiger partial charge in [-0.2, -0.15) is 0 Å². The third-order valence-electron chi connectivity index (χ3n) is 9.10. The fourth-order valence-electron chi connectivity index (χ4n) is 6.84. The van der Waals surface area contributed by atoms with E-state index < -0.39 is 0 Å². The van der Waals surface area contributed by atoms with Gasteiger partial charge in [0, 0.05) is 55.7 Å². The number of halogens is 2. The lowest BCUT2D eigenvalue weighted by atomic mass is 9.92. The summed E-state index contributed by atoms with van der Waals surface area (Å²) >= 11 is 4.72. The number of aromatic amines is 4. The zero-order chi connectivity index (χ0) is 33.6. The number of H-pyrrole nitrogens is 4. The van der Waals surface area contributed by atoms with Crippen molar-refractivity contribution in [3.8, 4) is 0 Å². The van der Waals surface area contributed by atoms with Crippen LogP contribution >= 0.6 is 45.2 Å². The summed E-state index contributed by atoms with van der Waals surface area (Å²) in [6, 6.07) is 43.0. The van der Waals surface area contributed by atoms with Crippen LogP contribution in [0, 0.1) is 30.8 Å². The highest BCUT2D eigenvalue weighted by atomic mass is 127. The second-order valence-electron chi connectivity index (χ2n) is 12.1. The predicted molar refractivity (Wildman–Crippen MR) is 212 cm³/mol. The number of fused-ring (bicyclic) bond motifs is 8. The predicted octanol–water partition coefficient (Wildman–Crippen LogP) is 9.39. The number of hydrogen-bond donors (Lipinski definition) is 4. The second-order valence-corrected chi connectivity index (χ2v) is 14.6. The lowest BCUT2D eigenvalue weighted by Gasteiger charge is -2.13. The zero-order valence-corrected chi connectivity index (χ0v) is 30.8. The molecule has 0 aliphatic carbocycles. The zero-order valence-electron chi connectivity index (χ0n) is 26.5. The van der Waals surface area contributed by atoms with Crippen LogP contribution in [0.5, 0.6) is 0 Å². The van der Waals surface area contributed by atoms with Gasteiger partial charge in [-0.1, -0.05) is 0 Å². The molecule has 8 bridgehead atoms. The fourth-order valence-corrected chi connectivity index (χ4v) is 7.56. The number of pyridine rings is 2. The summed E-state index contributed by atoms with van der Waals surface area (Å²) in [5, 5.41) is 0. The van der Waals surface area contributed by atoms with E-state index in [1.807, 2.05) is 24.8 Å². The smallest absolute Gasteiger partial charge is 0.126 e. The average Bonchev–Trinajstić information content (AvgIpc) is 3.98. The molecule has 8 heteroatoms. The van der Waals surface area contributed by atoms with Crippen molar-refractivity contribution in [3.05, 3.63) is 245 Å². The van der Waals surface area contributed by atoms with Crippen molar-refractivity contribution in [2.45, 2.75) is 0 Å². The number of nitrogens with one attached hydrogen (secondary N) is 4. The molecule has 0 amide bonds. The van der Waals surface area contributed by atoms with E-state index in [-0.39, 0.29) is 0 Å². The Morgan fingerprint density at radius 1 is 0.300 bits per heavy atom. The third kappa shape index (κ3) is 5.67. The van der Waals surface area contributed by atoms with Crippen LogP contribution in [-0.4, -0.2) is 29.9 Å². The van der Waals surface area contributed by atoms with E-state index in [1.54, 1.807) is 0 Å². The number of aromatic nitrogens is 6. The highest BCUT2D eigenvalue weighted by Crippen LogP contribution is 2.40. The maximum atomic E-state index is 4.33. The van der Waals surface area contributed by atoms with Crippen molar-refractivity contribution in [2.75, 3.05) is 0 Å². The van der Waals surface area contributed by atoms with Gasteiger partial charge in [0.2, 0.25) is 0 Å². The molecule has 0 saturated carbocycles. The summed E-state index contributed by atoms with van der Waals surface area (Å²) in [4.78, 5) is 24.0. The number of rotatable bonds is 4. The van der Waals surface area contributed by atoms with Gasteiger partial charge < -0.3 is 19.9 Å². The van der Waals surface area contributed by atoms with E-state index in [0.29, 0.717) is 0 Å². The molecule has 6 aromatic heterocycles.